The molecule has 1 aromatic rings. The Labute approximate surface area is 83.4 Å². The number of rotatable bonds is 4. The zero-order valence-corrected chi connectivity index (χ0v) is 8.58. The van der Waals surface area contributed by atoms with Crippen molar-refractivity contribution in [1.82, 2.24) is 15.1 Å². The molecule has 0 aliphatic carbocycles. The minimum atomic E-state index is 0.739. The highest BCUT2D eigenvalue weighted by atomic mass is 16.5. The van der Waals surface area contributed by atoms with Gasteiger partial charge in [0, 0.05) is 38.7 Å². The Hall–Kier alpha value is -1.23. The van der Waals surface area contributed by atoms with Crippen LogP contribution < -0.4 is 15.4 Å². The van der Waals surface area contributed by atoms with Gasteiger partial charge in [-0.15, -0.1) is 0 Å². The van der Waals surface area contributed by atoms with Crippen molar-refractivity contribution in [3.05, 3.63) is 6.07 Å². The lowest BCUT2D eigenvalue weighted by Gasteiger charge is -2.26. The fourth-order valence-corrected chi connectivity index (χ4v) is 1.47. The van der Waals surface area contributed by atoms with Gasteiger partial charge in [0.1, 0.15) is 0 Å². The van der Waals surface area contributed by atoms with Crippen molar-refractivity contribution in [3.8, 4) is 5.88 Å². The van der Waals surface area contributed by atoms with E-state index in [4.69, 9.17) is 4.74 Å². The van der Waals surface area contributed by atoms with Gasteiger partial charge >= 0.3 is 0 Å². The molecule has 5 heteroatoms. The highest BCUT2D eigenvalue weighted by Crippen LogP contribution is 2.15. The normalized spacial score (nSPS) is 16.4. The Morgan fingerprint density at radius 3 is 3.00 bits per heavy atom. The van der Waals surface area contributed by atoms with E-state index in [0.717, 1.165) is 37.3 Å². The lowest BCUT2D eigenvalue weighted by molar-refractivity contribution is 0.365. The number of methoxy groups -OCH3 is 1. The number of anilines is 1. The molecule has 5 nitrogen and oxygen atoms in total. The van der Waals surface area contributed by atoms with Gasteiger partial charge in [0.25, 0.3) is 0 Å². The van der Waals surface area contributed by atoms with E-state index in [1.54, 1.807) is 11.8 Å². The molecule has 0 radical (unpaired) electrons. The van der Waals surface area contributed by atoms with E-state index in [2.05, 4.69) is 15.7 Å². The first-order valence-corrected chi connectivity index (χ1v) is 4.82. The summed E-state index contributed by atoms with van der Waals surface area (Å²) in [6, 6.07) is 1.91. The van der Waals surface area contributed by atoms with Crippen molar-refractivity contribution in [2.75, 3.05) is 32.1 Å². The third kappa shape index (κ3) is 1.82. The van der Waals surface area contributed by atoms with Crippen LogP contribution in [0.15, 0.2) is 6.07 Å². The molecule has 2 rings (SSSR count). The van der Waals surface area contributed by atoms with E-state index in [1.807, 2.05) is 13.1 Å². The van der Waals surface area contributed by atoms with Crippen LogP contribution in [0.5, 0.6) is 5.88 Å². The van der Waals surface area contributed by atoms with Gasteiger partial charge in [0.05, 0.1) is 7.11 Å². The maximum atomic E-state index is 5.12. The quantitative estimate of drug-likeness (QED) is 0.715. The van der Waals surface area contributed by atoms with Crippen LogP contribution >= 0.6 is 0 Å². The molecule has 1 aliphatic rings. The van der Waals surface area contributed by atoms with Gasteiger partial charge in [-0.2, -0.15) is 5.10 Å². The second-order valence-corrected chi connectivity index (χ2v) is 3.60. The van der Waals surface area contributed by atoms with E-state index in [0.29, 0.717) is 0 Å². The van der Waals surface area contributed by atoms with E-state index in [9.17, 15) is 0 Å². The highest BCUT2D eigenvalue weighted by molar-refractivity contribution is 5.38. The molecule has 0 amide bonds. The summed E-state index contributed by atoms with van der Waals surface area (Å²) in [6.07, 6.45) is 0. The average molecular weight is 196 g/mol. The molecule has 0 bridgehead atoms. The molecular weight excluding hydrogens is 180 g/mol. The summed E-state index contributed by atoms with van der Waals surface area (Å²) in [5, 5.41) is 10.8. The molecule has 0 spiro atoms. The summed E-state index contributed by atoms with van der Waals surface area (Å²) in [5.41, 5.74) is 0. The molecule has 0 atom stereocenters. The lowest BCUT2D eigenvalue weighted by atomic mass is 10.0. The van der Waals surface area contributed by atoms with Crippen LogP contribution in [0, 0.1) is 5.92 Å². The Kier molecular flexibility index (Phi) is 2.58. The zero-order valence-electron chi connectivity index (χ0n) is 8.58. The minimum absolute atomic E-state index is 0.739. The van der Waals surface area contributed by atoms with Crippen molar-refractivity contribution in [2.45, 2.75) is 0 Å². The van der Waals surface area contributed by atoms with Crippen molar-refractivity contribution in [1.29, 1.82) is 0 Å². The van der Waals surface area contributed by atoms with Crippen molar-refractivity contribution >= 4 is 5.82 Å². The van der Waals surface area contributed by atoms with E-state index >= 15 is 0 Å². The van der Waals surface area contributed by atoms with E-state index < -0.39 is 0 Å². The summed E-state index contributed by atoms with van der Waals surface area (Å²) < 4.78 is 6.84. The number of hydrogen-bond donors (Lipinski definition) is 2. The molecule has 78 valence electrons. The van der Waals surface area contributed by atoms with Gasteiger partial charge in [-0.25, -0.2) is 4.68 Å². The van der Waals surface area contributed by atoms with Gasteiger partial charge in [-0.3, -0.25) is 0 Å². The molecule has 1 aromatic heterocycles. The lowest BCUT2D eigenvalue weighted by Crippen LogP contribution is -2.45. The molecule has 0 saturated carbocycles. The Morgan fingerprint density at radius 1 is 1.71 bits per heavy atom. The molecule has 2 heterocycles. The van der Waals surface area contributed by atoms with Gasteiger partial charge in [0.2, 0.25) is 5.88 Å². The summed E-state index contributed by atoms with van der Waals surface area (Å²) in [6.45, 7) is 3.20. The third-order valence-corrected chi connectivity index (χ3v) is 2.48. The molecule has 2 N–H and O–H groups in total. The van der Waals surface area contributed by atoms with Crippen LogP contribution in [-0.2, 0) is 7.05 Å². The predicted octanol–water partition coefficient (Wildman–Crippen LogP) is 0.0600. The van der Waals surface area contributed by atoms with Crippen LogP contribution in [0.25, 0.3) is 0 Å². The Bertz CT molecular complexity index is 306. The second kappa shape index (κ2) is 3.88. The molecule has 0 aromatic carbocycles. The van der Waals surface area contributed by atoms with Gasteiger partial charge < -0.3 is 15.4 Å². The maximum Gasteiger partial charge on any atom is 0.213 e. The molecular formula is C9H16N4O. The SMILES string of the molecule is COc1cc(NCC2CNC2)nn1C. The highest BCUT2D eigenvalue weighted by Gasteiger charge is 2.16. The number of hydrogen-bond acceptors (Lipinski definition) is 4. The maximum absolute atomic E-state index is 5.12. The molecule has 0 unspecified atom stereocenters. The Balaban J connectivity index is 1.88. The molecule has 14 heavy (non-hydrogen) atoms. The molecule has 1 saturated heterocycles. The van der Waals surface area contributed by atoms with E-state index in [1.165, 1.54) is 0 Å². The first kappa shape index (κ1) is 9.33. The van der Waals surface area contributed by atoms with Gasteiger partial charge in [-0.1, -0.05) is 0 Å². The average Bonchev–Trinajstić information content (AvgIpc) is 2.44. The van der Waals surface area contributed by atoms with Crippen molar-refractivity contribution < 1.29 is 4.74 Å². The standard InChI is InChI=1S/C9H16N4O/c1-13-9(14-2)3-8(12-13)11-6-7-4-10-5-7/h3,7,10H,4-6H2,1-2H3,(H,11,12). The fourth-order valence-electron chi connectivity index (χ4n) is 1.47. The van der Waals surface area contributed by atoms with Crippen LogP contribution in [-0.4, -0.2) is 36.5 Å². The van der Waals surface area contributed by atoms with Gasteiger partial charge in [0.15, 0.2) is 5.82 Å². The van der Waals surface area contributed by atoms with E-state index in [-0.39, 0.29) is 0 Å². The first-order valence-electron chi connectivity index (χ1n) is 4.82. The van der Waals surface area contributed by atoms with Crippen molar-refractivity contribution in [3.63, 3.8) is 0 Å². The number of aryl methyl sites for hydroxylation is 1. The molecule has 1 fully saturated rings. The largest absolute Gasteiger partial charge is 0.481 e. The minimum Gasteiger partial charge on any atom is -0.481 e. The van der Waals surface area contributed by atoms with Crippen LogP contribution in [0.1, 0.15) is 0 Å². The fraction of sp³-hybridized carbons (Fsp3) is 0.667. The van der Waals surface area contributed by atoms with Crippen molar-refractivity contribution in [2.24, 2.45) is 13.0 Å². The zero-order chi connectivity index (χ0) is 9.97. The number of ether oxygens (including phenoxy) is 1. The first-order chi connectivity index (χ1) is 6.79. The van der Waals surface area contributed by atoms with Crippen LogP contribution in [0.2, 0.25) is 0 Å². The second-order valence-electron chi connectivity index (χ2n) is 3.60. The summed E-state index contributed by atoms with van der Waals surface area (Å²) in [7, 11) is 3.52. The number of aromatic nitrogens is 2. The summed E-state index contributed by atoms with van der Waals surface area (Å²) in [5.74, 6) is 2.40. The monoisotopic (exact) mass is 196 g/mol. The van der Waals surface area contributed by atoms with Crippen LogP contribution in [0.3, 0.4) is 0 Å². The topological polar surface area (TPSA) is 51.1 Å². The number of nitrogens with one attached hydrogen (secondary N) is 2. The number of nitrogens with zero attached hydrogens (tertiary/aromatic N) is 2. The van der Waals surface area contributed by atoms with Crippen LogP contribution in [0.4, 0.5) is 5.82 Å². The summed E-state index contributed by atoms with van der Waals surface area (Å²) in [4.78, 5) is 0. The third-order valence-electron chi connectivity index (χ3n) is 2.48. The van der Waals surface area contributed by atoms with Gasteiger partial charge in [-0.05, 0) is 0 Å². The summed E-state index contributed by atoms with van der Waals surface area (Å²) >= 11 is 0. The molecule has 1 aliphatic heterocycles. The smallest absolute Gasteiger partial charge is 0.213 e. The predicted molar refractivity (Wildman–Crippen MR) is 54.6 cm³/mol. The Morgan fingerprint density at radius 2 is 2.50 bits per heavy atom.